The summed E-state index contributed by atoms with van der Waals surface area (Å²) in [7, 11) is 0. The molecule has 3 rings (SSSR count). The fourth-order valence-electron chi connectivity index (χ4n) is 2.59. The zero-order valence-electron chi connectivity index (χ0n) is 15.6. The average molecular weight is 454 g/mol. The van der Waals surface area contributed by atoms with E-state index in [1.807, 2.05) is 22.9 Å². The van der Waals surface area contributed by atoms with E-state index in [0.29, 0.717) is 17.7 Å². The van der Waals surface area contributed by atoms with Crippen molar-refractivity contribution in [2.45, 2.75) is 13.0 Å². The number of nitrogens with one attached hydrogen (secondary N) is 2. The van der Waals surface area contributed by atoms with Crippen molar-refractivity contribution in [3.8, 4) is 0 Å². The quantitative estimate of drug-likeness (QED) is 0.405. The molecule has 2 aromatic heterocycles. The largest absolute Gasteiger partial charge is 0.351 e. The van der Waals surface area contributed by atoms with E-state index in [-0.39, 0.29) is 17.5 Å². The van der Waals surface area contributed by atoms with E-state index in [4.69, 9.17) is 0 Å². The number of amides is 2. The van der Waals surface area contributed by atoms with E-state index in [0.717, 1.165) is 17.4 Å². The van der Waals surface area contributed by atoms with E-state index in [1.54, 1.807) is 55.3 Å². The molecule has 2 amide bonds. The number of hydrogen-bond acceptors (Lipinski definition) is 4. The second-order valence-electron chi connectivity index (χ2n) is 6.22. The van der Waals surface area contributed by atoms with Gasteiger partial charge in [-0.15, -0.1) is 0 Å². The molecule has 3 aromatic rings. The van der Waals surface area contributed by atoms with Gasteiger partial charge in [-0.3, -0.25) is 14.6 Å². The van der Waals surface area contributed by atoms with Crippen LogP contribution in [0.15, 0.2) is 77.7 Å². The van der Waals surface area contributed by atoms with E-state index in [2.05, 4.69) is 36.5 Å². The van der Waals surface area contributed by atoms with Gasteiger partial charge in [-0.2, -0.15) is 0 Å². The van der Waals surface area contributed by atoms with Crippen LogP contribution in [0.3, 0.4) is 0 Å². The minimum absolute atomic E-state index is 0.158. The van der Waals surface area contributed by atoms with E-state index in [9.17, 15) is 9.59 Å². The van der Waals surface area contributed by atoms with Crippen LogP contribution in [-0.4, -0.2) is 32.9 Å². The molecule has 7 nitrogen and oxygen atoms in total. The summed E-state index contributed by atoms with van der Waals surface area (Å²) in [6.45, 7) is 1.21. The summed E-state index contributed by atoms with van der Waals surface area (Å²) in [6.07, 6.45) is 10.9. The first-order chi connectivity index (χ1) is 14.1. The Morgan fingerprint density at radius 1 is 1.14 bits per heavy atom. The molecule has 0 aliphatic rings. The number of carbonyl (C=O) groups excluding carboxylic acids is 2. The Kier molecular flexibility index (Phi) is 7.29. The predicted octanol–water partition coefficient (Wildman–Crippen LogP) is 3.02. The van der Waals surface area contributed by atoms with Crippen molar-refractivity contribution in [3.63, 3.8) is 0 Å². The van der Waals surface area contributed by atoms with Crippen LogP contribution in [0.25, 0.3) is 6.08 Å². The lowest BCUT2D eigenvalue weighted by molar-refractivity contribution is -0.117. The molecule has 0 radical (unpaired) electrons. The molecular weight excluding hydrogens is 434 g/mol. The highest BCUT2D eigenvalue weighted by Crippen LogP contribution is 2.12. The molecule has 2 heterocycles. The first-order valence-corrected chi connectivity index (χ1v) is 9.84. The Morgan fingerprint density at radius 2 is 2.03 bits per heavy atom. The van der Waals surface area contributed by atoms with Gasteiger partial charge >= 0.3 is 0 Å². The van der Waals surface area contributed by atoms with Gasteiger partial charge in [0.2, 0.25) is 0 Å². The van der Waals surface area contributed by atoms with Gasteiger partial charge in [0.05, 0.1) is 6.33 Å². The molecule has 0 unspecified atom stereocenters. The maximum Gasteiger partial charge on any atom is 0.267 e. The van der Waals surface area contributed by atoms with Gasteiger partial charge in [0, 0.05) is 47.9 Å². The summed E-state index contributed by atoms with van der Waals surface area (Å²) in [4.78, 5) is 33.3. The number of nitrogens with zero attached hydrogens (tertiary/aromatic N) is 3. The fourth-order valence-corrected chi connectivity index (χ4v) is 2.99. The fraction of sp³-hybridized carbons (Fsp3) is 0.143. The minimum atomic E-state index is -0.366. The lowest BCUT2D eigenvalue weighted by Crippen LogP contribution is -2.35. The van der Waals surface area contributed by atoms with Crippen molar-refractivity contribution in [2.24, 2.45) is 0 Å². The number of carbonyl (C=O) groups is 2. The van der Waals surface area contributed by atoms with Gasteiger partial charge in [-0.05, 0) is 42.3 Å². The molecule has 0 saturated heterocycles. The zero-order chi connectivity index (χ0) is 20.5. The maximum absolute atomic E-state index is 12.7. The normalized spacial score (nSPS) is 11.1. The summed E-state index contributed by atoms with van der Waals surface area (Å²) >= 11 is 3.35. The summed E-state index contributed by atoms with van der Waals surface area (Å²) in [6, 6.07) is 10.5. The first-order valence-electron chi connectivity index (χ1n) is 9.04. The van der Waals surface area contributed by atoms with Crippen molar-refractivity contribution < 1.29 is 9.59 Å². The standard InChI is InChI=1S/C21H20BrN5O2/c22-18-6-1-5-17(13-18)20(28)26-19(12-16-4-2-7-23-14-16)21(29)25-8-3-10-27-11-9-24-15-27/h1-2,4-7,9,11-15H,3,8,10H2,(H,25,29)(H,26,28). The third kappa shape index (κ3) is 6.39. The maximum atomic E-state index is 12.7. The number of aromatic nitrogens is 3. The number of imidazole rings is 1. The lowest BCUT2D eigenvalue weighted by atomic mass is 10.2. The molecule has 0 aliphatic heterocycles. The Hall–Kier alpha value is -3.26. The lowest BCUT2D eigenvalue weighted by Gasteiger charge is -2.11. The van der Waals surface area contributed by atoms with Crippen molar-refractivity contribution in [2.75, 3.05) is 6.54 Å². The van der Waals surface area contributed by atoms with Crippen LogP contribution in [0, 0.1) is 0 Å². The van der Waals surface area contributed by atoms with Crippen LogP contribution in [-0.2, 0) is 11.3 Å². The Balaban J connectivity index is 1.68. The molecule has 1 aromatic carbocycles. The van der Waals surface area contributed by atoms with Gasteiger partial charge in [0.25, 0.3) is 11.8 Å². The topological polar surface area (TPSA) is 88.9 Å². The van der Waals surface area contributed by atoms with Gasteiger partial charge < -0.3 is 15.2 Å². The monoisotopic (exact) mass is 453 g/mol. The van der Waals surface area contributed by atoms with Crippen LogP contribution in [0.2, 0.25) is 0 Å². The Morgan fingerprint density at radius 3 is 2.76 bits per heavy atom. The van der Waals surface area contributed by atoms with Crippen LogP contribution in [0.1, 0.15) is 22.3 Å². The van der Waals surface area contributed by atoms with E-state index >= 15 is 0 Å². The number of halogens is 1. The second kappa shape index (κ2) is 10.3. The van der Waals surface area contributed by atoms with Crippen molar-refractivity contribution in [3.05, 3.63) is 88.8 Å². The highest BCUT2D eigenvalue weighted by atomic mass is 79.9. The van der Waals surface area contributed by atoms with E-state index < -0.39 is 0 Å². The molecule has 2 N–H and O–H groups in total. The molecule has 29 heavy (non-hydrogen) atoms. The number of benzene rings is 1. The predicted molar refractivity (Wildman–Crippen MR) is 114 cm³/mol. The molecule has 0 fully saturated rings. The smallest absolute Gasteiger partial charge is 0.267 e. The molecule has 148 valence electrons. The Labute approximate surface area is 177 Å². The van der Waals surface area contributed by atoms with Crippen LogP contribution >= 0.6 is 15.9 Å². The molecule has 8 heteroatoms. The molecule has 0 atom stereocenters. The third-order valence-electron chi connectivity index (χ3n) is 4.01. The molecule has 0 spiro atoms. The molecule has 0 saturated carbocycles. The number of pyridine rings is 1. The molecule has 0 bridgehead atoms. The van der Waals surface area contributed by atoms with E-state index in [1.165, 1.54) is 0 Å². The van der Waals surface area contributed by atoms with Gasteiger partial charge in [0.15, 0.2) is 0 Å². The minimum Gasteiger partial charge on any atom is -0.351 e. The molecular formula is C21H20BrN5O2. The van der Waals surface area contributed by atoms with Crippen LogP contribution in [0.4, 0.5) is 0 Å². The zero-order valence-corrected chi connectivity index (χ0v) is 17.2. The van der Waals surface area contributed by atoms with Gasteiger partial charge in [0.1, 0.15) is 5.70 Å². The SMILES string of the molecule is O=C(NCCCn1ccnc1)C(=Cc1cccnc1)NC(=O)c1cccc(Br)c1. The van der Waals surface area contributed by atoms with Crippen LogP contribution in [0.5, 0.6) is 0 Å². The first kappa shape index (κ1) is 20.5. The second-order valence-corrected chi connectivity index (χ2v) is 7.13. The summed E-state index contributed by atoms with van der Waals surface area (Å²) < 4.78 is 2.72. The molecule has 0 aliphatic carbocycles. The van der Waals surface area contributed by atoms with Crippen molar-refractivity contribution >= 4 is 33.8 Å². The average Bonchev–Trinajstić information content (AvgIpc) is 3.25. The number of aryl methyl sites for hydroxylation is 1. The van der Waals surface area contributed by atoms with Gasteiger partial charge in [-0.25, -0.2) is 4.98 Å². The highest BCUT2D eigenvalue weighted by Gasteiger charge is 2.14. The van der Waals surface area contributed by atoms with Crippen LogP contribution < -0.4 is 10.6 Å². The highest BCUT2D eigenvalue weighted by molar-refractivity contribution is 9.10. The van der Waals surface area contributed by atoms with Crippen molar-refractivity contribution in [1.82, 2.24) is 25.2 Å². The third-order valence-corrected chi connectivity index (χ3v) is 4.51. The Bertz CT molecular complexity index is 987. The summed E-state index contributed by atoms with van der Waals surface area (Å²) in [5, 5.41) is 5.56. The van der Waals surface area contributed by atoms with Crippen molar-refractivity contribution in [1.29, 1.82) is 0 Å². The summed E-state index contributed by atoms with van der Waals surface area (Å²) in [5.74, 6) is -0.724. The summed E-state index contributed by atoms with van der Waals surface area (Å²) in [5.41, 5.74) is 1.32. The van der Waals surface area contributed by atoms with Gasteiger partial charge in [-0.1, -0.05) is 28.1 Å². The number of hydrogen-bond donors (Lipinski definition) is 2. The number of rotatable bonds is 8.